The number of carbonyl (C=O) groups is 1. The molecule has 0 aliphatic rings. The number of carbonyl (C=O) groups excluding carboxylic acids is 1. The molecular weight excluding hydrogens is 168 g/mol. The number of rotatable bonds is 5. The number of nitrogens with one attached hydrogen (secondary N) is 1. The molecule has 4 N–H and O–H groups in total. The lowest BCUT2D eigenvalue weighted by molar-refractivity contribution is -0.123. The highest BCUT2D eigenvalue weighted by atomic mass is 16.3. The van der Waals surface area contributed by atoms with Crippen LogP contribution in [0.5, 0.6) is 0 Å². The number of aliphatic hydroxyl groups excluding tert-OH is 1. The maximum absolute atomic E-state index is 11.3. The zero-order valence-electron chi connectivity index (χ0n) is 8.58. The molecule has 13 heavy (non-hydrogen) atoms. The molecule has 4 nitrogen and oxygen atoms in total. The van der Waals surface area contributed by atoms with Crippen molar-refractivity contribution in [2.24, 2.45) is 11.7 Å². The Hall–Kier alpha value is -0.610. The summed E-state index contributed by atoms with van der Waals surface area (Å²) in [5.74, 6) is -0.0803. The second kappa shape index (κ2) is 5.94. The summed E-state index contributed by atoms with van der Waals surface area (Å²) >= 11 is 0. The molecule has 0 bridgehead atoms. The highest BCUT2D eigenvalue weighted by Gasteiger charge is 2.17. The summed E-state index contributed by atoms with van der Waals surface area (Å²) < 4.78 is 0. The Morgan fingerprint density at radius 2 is 2.08 bits per heavy atom. The third-order valence-electron chi connectivity index (χ3n) is 2.29. The summed E-state index contributed by atoms with van der Waals surface area (Å²) in [7, 11) is 0. The van der Waals surface area contributed by atoms with Crippen LogP contribution in [-0.4, -0.2) is 29.7 Å². The predicted octanol–water partition coefficient (Wildman–Crippen LogP) is -0.143. The Morgan fingerprint density at radius 3 is 2.46 bits per heavy atom. The highest BCUT2D eigenvalue weighted by molar-refractivity contribution is 5.81. The quantitative estimate of drug-likeness (QED) is 0.562. The van der Waals surface area contributed by atoms with E-state index in [-0.39, 0.29) is 24.5 Å². The predicted molar refractivity (Wildman–Crippen MR) is 52.1 cm³/mol. The van der Waals surface area contributed by atoms with E-state index in [1.807, 2.05) is 20.8 Å². The van der Waals surface area contributed by atoms with E-state index in [1.165, 1.54) is 0 Å². The molecule has 0 spiro atoms. The third kappa shape index (κ3) is 4.24. The molecule has 1 amide bonds. The van der Waals surface area contributed by atoms with Crippen molar-refractivity contribution in [2.75, 3.05) is 6.61 Å². The number of aliphatic hydroxyl groups is 1. The summed E-state index contributed by atoms with van der Waals surface area (Å²) in [6.07, 6.45) is 0.631. The molecule has 78 valence electrons. The summed E-state index contributed by atoms with van der Waals surface area (Å²) in [6, 6.07) is -0.469. The van der Waals surface area contributed by atoms with Gasteiger partial charge in [0.15, 0.2) is 0 Å². The minimum atomic E-state index is -0.437. The number of hydrogen-bond acceptors (Lipinski definition) is 3. The van der Waals surface area contributed by atoms with Gasteiger partial charge in [0.1, 0.15) is 0 Å². The molecule has 4 heteroatoms. The van der Waals surface area contributed by atoms with Crippen LogP contribution in [0.4, 0.5) is 0 Å². The van der Waals surface area contributed by atoms with Crippen molar-refractivity contribution in [3.63, 3.8) is 0 Å². The Labute approximate surface area is 79.5 Å². The molecule has 0 saturated heterocycles. The molecular formula is C9H20N2O2. The molecule has 0 saturated carbocycles. The Morgan fingerprint density at radius 1 is 1.54 bits per heavy atom. The first kappa shape index (κ1) is 12.4. The molecule has 0 rings (SSSR count). The van der Waals surface area contributed by atoms with Gasteiger partial charge < -0.3 is 16.2 Å². The Balaban J connectivity index is 3.91. The van der Waals surface area contributed by atoms with Gasteiger partial charge >= 0.3 is 0 Å². The van der Waals surface area contributed by atoms with E-state index >= 15 is 0 Å². The maximum Gasteiger partial charge on any atom is 0.237 e. The van der Waals surface area contributed by atoms with E-state index in [2.05, 4.69) is 5.32 Å². The fourth-order valence-electron chi connectivity index (χ4n) is 0.817. The van der Waals surface area contributed by atoms with Gasteiger partial charge in [-0.15, -0.1) is 0 Å². The lowest BCUT2D eigenvalue weighted by Gasteiger charge is -2.20. The van der Waals surface area contributed by atoms with Gasteiger partial charge in [0, 0.05) is 12.6 Å². The minimum Gasteiger partial charge on any atom is -0.396 e. The van der Waals surface area contributed by atoms with Gasteiger partial charge in [0.2, 0.25) is 5.91 Å². The van der Waals surface area contributed by atoms with Crippen molar-refractivity contribution in [3.05, 3.63) is 0 Å². The summed E-state index contributed by atoms with van der Waals surface area (Å²) in [5.41, 5.74) is 5.53. The third-order valence-corrected chi connectivity index (χ3v) is 2.29. The zero-order valence-corrected chi connectivity index (χ0v) is 8.58. The molecule has 0 aromatic rings. The van der Waals surface area contributed by atoms with Crippen LogP contribution in [0.15, 0.2) is 0 Å². The van der Waals surface area contributed by atoms with Crippen LogP contribution in [0.3, 0.4) is 0 Å². The van der Waals surface area contributed by atoms with E-state index in [1.54, 1.807) is 0 Å². The largest absolute Gasteiger partial charge is 0.396 e. The van der Waals surface area contributed by atoms with Gasteiger partial charge in [-0.05, 0) is 19.3 Å². The van der Waals surface area contributed by atoms with Crippen LogP contribution in [0, 0.1) is 5.92 Å². The van der Waals surface area contributed by atoms with Crippen LogP contribution in [0.2, 0.25) is 0 Å². The molecule has 0 aromatic carbocycles. The van der Waals surface area contributed by atoms with Crippen LogP contribution < -0.4 is 11.1 Å². The minimum absolute atomic E-state index is 0.0323. The maximum atomic E-state index is 11.3. The van der Waals surface area contributed by atoms with E-state index < -0.39 is 6.04 Å². The zero-order chi connectivity index (χ0) is 10.4. The van der Waals surface area contributed by atoms with Crippen molar-refractivity contribution >= 4 is 5.91 Å². The molecule has 0 heterocycles. The summed E-state index contributed by atoms with van der Waals surface area (Å²) in [5, 5.41) is 11.6. The van der Waals surface area contributed by atoms with Gasteiger partial charge in [-0.1, -0.05) is 13.8 Å². The standard InChI is InChI=1S/C9H20N2O2/c1-4-8(10)9(13)11-7(3)6(2)5-12/h6-8,12H,4-5,10H2,1-3H3,(H,11,13)/t6?,7?,8-/m1/s1. The Kier molecular flexibility index (Phi) is 5.66. The smallest absolute Gasteiger partial charge is 0.237 e. The normalized spacial score (nSPS) is 17.6. The average molecular weight is 188 g/mol. The SMILES string of the molecule is CC[C@@H](N)C(=O)NC(C)C(C)CO. The molecule has 0 radical (unpaired) electrons. The number of hydrogen-bond donors (Lipinski definition) is 3. The van der Waals surface area contributed by atoms with Gasteiger partial charge in [-0.25, -0.2) is 0 Å². The van der Waals surface area contributed by atoms with Crippen molar-refractivity contribution in [1.82, 2.24) is 5.32 Å². The monoisotopic (exact) mass is 188 g/mol. The topological polar surface area (TPSA) is 75.4 Å². The molecule has 0 aliphatic heterocycles. The number of amides is 1. The molecule has 0 fully saturated rings. The summed E-state index contributed by atoms with van der Waals surface area (Å²) in [6.45, 7) is 5.68. The van der Waals surface area contributed by atoms with Gasteiger partial charge in [0.25, 0.3) is 0 Å². The first-order valence-corrected chi connectivity index (χ1v) is 4.69. The Bertz CT molecular complexity index is 162. The van der Waals surface area contributed by atoms with Crippen molar-refractivity contribution in [3.8, 4) is 0 Å². The first-order valence-electron chi connectivity index (χ1n) is 4.69. The van der Waals surface area contributed by atoms with E-state index in [0.717, 1.165) is 0 Å². The van der Waals surface area contributed by atoms with Gasteiger partial charge in [0.05, 0.1) is 6.04 Å². The molecule has 3 atom stereocenters. The van der Waals surface area contributed by atoms with Crippen molar-refractivity contribution in [1.29, 1.82) is 0 Å². The molecule has 0 aliphatic carbocycles. The van der Waals surface area contributed by atoms with Crippen molar-refractivity contribution < 1.29 is 9.90 Å². The van der Waals surface area contributed by atoms with Gasteiger partial charge in [-0.3, -0.25) is 4.79 Å². The lowest BCUT2D eigenvalue weighted by atomic mass is 10.0. The summed E-state index contributed by atoms with van der Waals surface area (Å²) in [4.78, 5) is 11.3. The van der Waals surface area contributed by atoms with Crippen LogP contribution in [0.1, 0.15) is 27.2 Å². The fraction of sp³-hybridized carbons (Fsp3) is 0.889. The second-order valence-corrected chi connectivity index (χ2v) is 3.47. The highest BCUT2D eigenvalue weighted by Crippen LogP contribution is 2.01. The van der Waals surface area contributed by atoms with Crippen LogP contribution >= 0.6 is 0 Å². The van der Waals surface area contributed by atoms with Crippen LogP contribution in [0.25, 0.3) is 0 Å². The fourth-order valence-corrected chi connectivity index (χ4v) is 0.817. The second-order valence-electron chi connectivity index (χ2n) is 3.47. The van der Waals surface area contributed by atoms with E-state index in [9.17, 15) is 4.79 Å². The van der Waals surface area contributed by atoms with E-state index in [4.69, 9.17) is 10.8 Å². The lowest BCUT2D eigenvalue weighted by Crippen LogP contribution is -2.46. The van der Waals surface area contributed by atoms with E-state index in [0.29, 0.717) is 6.42 Å². The average Bonchev–Trinajstić information content (AvgIpc) is 2.14. The molecule has 0 aromatic heterocycles. The van der Waals surface area contributed by atoms with Crippen molar-refractivity contribution in [2.45, 2.75) is 39.3 Å². The number of nitrogens with two attached hydrogens (primary N) is 1. The first-order chi connectivity index (χ1) is 6.02. The van der Waals surface area contributed by atoms with Crippen LogP contribution in [-0.2, 0) is 4.79 Å². The van der Waals surface area contributed by atoms with Gasteiger partial charge in [-0.2, -0.15) is 0 Å². The molecule has 2 unspecified atom stereocenters.